The summed E-state index contributed by atoms with van der Waals surface area (Å²) in [4.78, 5) is 23.9. The molecule has 11 heteroatoms. The first-order valence-corrected chi connectivity index (χ1v) is 8.68. The number of carbonyl (C=O) groups excluding carboxylic acids is 1. The van der Waals surface area contributed by atoms with Crippen molar-refractivity contribution in [2.75, 3.05) is 13.1 Å². The summed E-state index contributed by atoms with van der Waals surface area (Å²) < 4.78 is 36.8. The third-order valence-electron chi connectivity index (χ3n) is 4.28. The molecular formula is C18H20F3N3O5. The van der Waals surface area contributed by atoms with E-state index in [4.69, 9.17) is 20.1 Å². The van der Waals surface area contributed by atoms with Gasteiger partial charge in [0.25, 0.3) is 5.91 Å². The Balaban J connectivity index is 0.000000370. The number of amides is 1. The largest absolute Gasteiger partial charge is 0.633 e. The molecule has 0 radical (unpaired) electrons. The van der Waals surface area contributed by atoms with Crippen molar-refractivity contribution in [1.29, 1.82) is 0 Å². The summed E-state index contributed by atoms with van der Waals surface area (Å²) in [5.74, 6) is -2.90. The standard InChI is InChI=1S/C16H19N3O3.C2HF3O2/c17-16(20)14-11-22-15(18-14)9-12-3-5-13(6-4-12)10-19(21)7-1-2-8-19;3-2(4,5)1(6)7/h3-6,11H,1-2,7-10H2,(H2,17,20);(H,6,7). The van der Waals surface area contributed by atoms with Crippen LogP contribution in [0.1, 0.15) is 40.3 Å². The van der Waals surface area contributed by atoms with Crippen LogP contribution in [-0.2, 0) is 17.8 Å². The number of hydrogen-bond donors (Lipinski definition) is 2. The Kier molecular flexibility index (Phi) is 6.98. The lowest BCUT2D eigenvalue weighted by Crippen LogP contribution is -2.37. The number of carbonyl (C=O) groups is 2. The topological polar surface area (TPSA) is 129 Å². The summed E-state index contributed by atoms with van der Waals surface area (Å²) in [6, 6.07) is 7.88. The van der Waals surface area contributed by atoms with E-state index in [2.05, 4.69) is 4.98 Å². The van der Waals surface area contributed by atoms with Gasteiger partial charge in [0.1, 0.15) is 12.8 Å². The normalized spacial score (nSPS) is 15.4. The van der Waals surface area contributed by atoms with Crippen LogP contribution >= 0.6 is 0 Å². The van der Waals surface area contributed by atoms with Gasteiger partial charge in [-0.05, 0) is 5.56 Å². The monoisotopic (exact) mass is 415 g/mol. The molecule has 1 fully saturated rings. The number of benzene rings is 1. The highest BCUT2D eigenvalue weighted by Crippen LogP contribution is 2.22. The van der Waals surface area contributed by atoms with Crippen LogP contribution in [0, 0.1) is 5.21 Å². The number of aromatic nitrogens is 1. The van der Waals surface area contributed by atoms with Crippen LogP contribution in [0.15, 0.2) is 34.9 Å². The highest BCUT2D eigenvalue weighted by Gasteiger charge is 2.38. The number of hydroxylamine groups is 3. The van der Waals surface area contributed by atoms with E-state index >= 15 is 0 Å². The Morgan fingerprint density at radius 1 is 1.17 bits per heavy atom. The Labute approximate surface area is 163 Å². The third kappa shape index (κ3) is 6.88. The van der Waals surface area contributed by atoms with Gasteiger partial charge in [-0.3, -0.25) is 4.79 Å². The van der Waals surface area contributed by atoms with E-state index in [-0.39, 0.29) is 10.3 Å². The number of alkyl halides is 3. The van der Waals surface area contributed by atoms with Crippen molar-refractivity contribution in [3.63, 3.8) is 0 Å². The molecule has 1 aliphatic heterocycles. The Bertz CT molecular complexity index is 843. The fraction of sp³-hybridized carbons (Fsp3) is 0.389. The molecule has 1 aromatic carbocycles. The van der Waals surface area contributed by atoms with Crippen LogP contribution in [0.3, 0.4) is 0 Å². The Morgan fingerprint density at radius 3 is 2.14 bits per heavy atom. The van der Waals surface area contributed by atoms with E-state index in [1.807, 2.05) is 24.3 Å². The second-order valence-corrected chi connectivity index (χ2v) is 6.66. The smallest absolute Gasteiger partial charge is 0.490 e. The molecule has 1 saturated heterocycles. The zero-order valence-electron chi connectivity index (χ0n) is 15.3. The lowest BCUT2D eigenvalue weighted by Gasteiger charge is -2.38. The minimum absolute atomic E-state index is 0.110. The van der Waals surface area contributed by atoms with Crippen molar-refractivity contribution >= 4 is 11.9 Å². The average Bonchev–Trinajstić information content (AvgIpc) is 3.26. The maximum absolute atomic E-state index is 12.4. The number of aliphatic carboxylic acids is 1. The van der Waals surface area contributed by atoms with Gasteiger partial charge in [-0.2, -0.15) is 13.2 Å². The summed E-state index contributed by atoms with van der Waals surface area (Å²) in [6.45, 7) is 1.97. The SMILES string of the molecule is NC(=O)c1coc(Cc2ccc(C[N+]3([O-])CCCC3)cc2)n1.O=C(O)C(F)(F)F. The summed E-state index contributed by atoms with van der Waals surface area (Å²) in [6.07, 6.45) is -1.28. The van der Waals surface area contributed by atoms with Crippen molar-refractivity contribution in [2.24, 2.45) is 5.73 Å². The molecule has 3 rings (SSSR count). The van der Waals surface area contributed by atoms with E-state index in [0.29, 0.717) is 31.9 Å². The molecule has 0 aliphatic carbocycles. The number of primary amides is 1. The van der Waals surface area contributed by atoms with E-state index < -0.39 is 18.1 Å². The second-order valence-electron chi connectivity index (χ2n) is 6.66. The molecule has 1 aromatic heterocycles. The van der Waals surface area contributed by atoms with E-state index in [0.717, 1.165) is 24.0 Å². The number of halogens is 3. The molecule has 0 bridgehead atoms. The van der Waals surface area contributed by atoms with Gasteiger partial charge < -0.3 is 25.1 Å². The fourth-order valence-corrected chi connectivity index (χ4v) is 2.84. The first-order valence-electron chi connectivity index (χ1n) is 8.68. The molecule has 0 atom stereocenters. The lowest BCUT2D eigenvalue weighted by molar-refractivity contribution is -0.881. The number of hydrogen-bond acceptors (Lipinski definition) is 5. The quantitative estimate of drug-likeness (QED) is 0.570. The van der Waals surface area contributed by atoms with E-state index in [1.165, 1.54) is 6.26 Å². The lowest BCUT2D eigenvalue weighted by atomic mass is 10.1. The van der Waals surface area contributed by atoms with Crippen LogP contribution in [0.5, 0.6) is 0 Å². The van der Waals surface area contributed by atoms with Crippen LogP contribution in [0.2, 0.25) is 0 Å². The van der Waals surface area contributed by atoms with Gasteiger partial charge in [-0.25, -0.2) is 9.78 Å². The van der Waals surface area contributed by atoms with Crippen molar-refractivity contribution in [3.8, 4) is 0 Å². The molecule has 0 spiro atoms. The van der Waals surface area contributed by atoms with Crippen molar-refractivity contribution in [2.45, 2.75) is 32.0 Å². The predicted molar refractivity (Wildman–Crippen MR) is 94.3 cm³/mol. The second kappa shape index (κ2) is 9.05. The highest BCUT2D eigenvalue weighted by atomic mass is 19.4. The number of quaternary nitrogens is 1. The number of oxazole rings is 1. The Morgan fingerprint density at radius 2 is 1.69 bits per heavy atom. The molecule has 29 heavy (non-hydrogen) atoms. The first-order chi connectivity index (χ1) is 13.5. The molecule has 1 amide bonds. The molecule has 158 valence electrons. The number of carboxylic acid groups (broad SMARTS) is 1. The average molecular weight is 415 g/mol. The molecule has 3 N–H and O–H groups in total. The first kappa shape index (κ1) is 22.4. The minimum atomic E-state index is -5.08. The van der Waals surface area contributed by atoms with E-state index in [1.54, 1.807) is 0 Å². The molecule has 2 heterocycles. The molecule has 2 aromatic rings. The maximum atomic E-state index is 12.4. The van der Waals surface area contributed by atoms with Crippen molar-refractivity contribution < 1.29 is 36.9 Å². The van der Waals surface area contributed by atoms with Gasteiger partial charge >= 0.3 is 12.1 Å². The molecule has 0 saturated carbocycles. The summed E-state index contributed by atoms with van der Waals surface area (Å²) in [5, 5.41) is 19.5. The van der Waals surface area contributed by atoms with Crippen LogP contribution in [0.4, 0.5) is 13.2 Å². The van der Waals surface area contributed by atoms with Gasteiger partial charge in [0.2, 0.25) is 0 Å². The number of rotatable bonds is 5. The van der Waals surface area contributed by atoms with Gasteiger partial charge in [0.05, 0.1) is 13.1 Å². The van der Waals surface area contributed by atoms with Gasteiger partial charge in [-0.1, -0.05) is 24.3 Å². The van der Waals surface area contributed by atoms with Crippen LogP contribution in [-0.4, -0.2) is 45.9 Å². The predicted octanol–water partition coefficient (Wildman–Crippen LogP) is 2.61. The highest BCUT2D eigenvalue weighted by molar-refractivity contribution is 5.90. The van der Waals surface area contributed by atoms with Crippen molar-refractivity contribution in [3.05, 3.63) is 58.4 Å². The van der Waals surface area contributed by atoms with Gasteiger partial charge in [0.15, 0.2) is 11.6 Å². The van der Waals surface area contributed by atoms with Gasteiger partial charge in [-0.15, -0.1) is 0 Å². The molecular weight excluding hydrogens is 395 g/mol. The maximum Gasteiger partial charge on any atom is 0.490 e. The zero-order valence-corrected chi connectivity index (χ0v) is 15.3. The Hall–Kier alpha value is -2.92. The minimum Gasteiger partial charge on any atom is -0.633 e. The summed E-state index contributed by atoms with van der Waals surface area (Å²) >= 11 is 0. The van der Waals surface area contributed by atoms with E-state index in [9.17, 15) is 23.2 Å². The molecule has 1 aliphatic rings. The van der Waals surface area contributed by atoms with Crippen LogP contribution in [0.25, 0.3) is 0 Å². The molecule has 0 unspecified atom stereocenters. The van der Waals surface area contributed by atoms with Gasteiger partial charge in [0, 0.05) is 24.8 Å². The molecule has 8 nitrogen and oxygen atoms in total. The summed E-state index contributed by atoms with van der Waals surface area (Å²) in [7, 11) is 0. The fourth-order valence-electron chi connectivity index (χ4n) is 2.84. The van der Waals surface area contributed by atoms with Crippen molar-refractivity contribution in [1.82, 2.24) is 4.98 Å². The zero-order chi connectivity index (χ0) is 21.7. The van der Waals surface area contributed by atoms with Crippen LogP contribution < -0.4 is 5.73 Å². The third-order valence-corrected chi connectivity index (χ3v) is 4.28. The number of nitrogens with zero attached hydrogens (tertiary/aromatic N) is 2. The number of likely N-dealkylation sites (tertiary alicyclic amines) is 1. The number of carboxylic acids is 1. The summed E-state index contributed by atoms with van der Waals surface area (Å²) in [5.41, 5.74) is 7.34. The number of nitrogens with two attached hydrogens (primary N) is 1.